The molecule has 17 aromatic carbocycles. The number of hydrogen-bond acceptors (Lipinski definition) is 3. The van der Waals surface area contributed by atoms with Crippen LogP contribution in [0.15, 0.2) is 346 Å². The number of para-hydroxylation sites is 2. The molecule has 0 aliphatic heterocycles. The standard InChI is InChI=1S/C52H31N5.C43H26N2/c1-53-36-26-28-49-46(30-36)45-29-35(25-27-48(45)57(49)37-19-9-4-10-20-37)42-31-43-40-23-13-14-24-41(40)47(32-44(43)39-22-12-11-21-38(39)42)52-55-50(33-15-5-2-6-16-33)54-51(56-52)34-17-7-3-8-18-34;1-44-32-21-24-43-41(26-32)40-25-31(20-23-42(40)45(43)33-10-3-2-4-11-33)28-15-17-30(18-16-28)38-27-39-34-12-6-5-9-29(34)19-22-37(39)35-13-7-8-14-36(35)38/h2-32H;2-27H. The summed E-state index contributed by atoms with van der Waals surface area (Å²) in [4.78, 5) is 22.8. The van der Waals surface area contributed by atoms with Gasteiger partial charge in [0.25, 0.3) is 0 Å². The Bertz CT molecular complexity index is 6810. The number of aromatic nitrogens is 5. The number of benzene rings is 17. The molecule has 0 radical (unpaired) electrons. The van der Waals surface area contributed by atoms with Gasteiger partial charge in [0, 0.05) is 38.8 Å². The summed E-state index contributed by atoms with van der Waals surface area (Å²) < 4.78 is 4.59. The zero-order chi connectivity index (χ0) is 67.8. The lowest BCUT2D eigenvalue weighted by Gasteiger charge is -2.16. The molecule has 3 heterocycles. The molecule has 0 saturated heterocycles. The average Bonchev–Trinajstić information content (AvgIpc) is 1.05. The smallest absolute Gasteiger partial charge is 0.188 e. The Balaban J connectivity index is 0.000000145. The SMILES string of the molecule is [C-]#[N+]c1ccc2c(c1)c1cc(-c3cc4c5ccccc5c(-c5nc(-c6ccccc6)nc(-c6ccccc6)n5)cc4c4ccccc34)ccc1n2-c1ccccc1.[C-]#[N+]c1ccc2c(c1)c1cc(-c3ccc(-c4cc5c6ccccc6ccc5c5ccccc45)cc3)ccc1n2-c1ccccc1. The molecule has 0 saturated carbocycles. The van der Waals surface area contributed by atoms with E-state index in [1.54, 1.807) is 0 Å². The average molecular weight is 1300 g/mol. The van der Waals surface area contributed by atoms with E-state index in [1.165, 1.54) is 43.4 Å². The molecule has 0 aliphatic carbocycles. The number of fused-ring (bicyclic) bond motifs is 16. The molecule has 0 bridgehead atoms. The Morgan fingerprint density at radius 2 is 0.549 bits per heavy atom. The normalized spacial score (nSPS) is 11.5. The number of hydrogen-bond donors (Lipinski definition) is 0. The molecular formula is C95H57N7. The van der Waals surface area contributed by atoms with Crippen LogP contribution in [0.1, 0.15) is 0 Å². The third-order valence-corrected chi connectivity index (χ3v) is 20.2. The summed E-state index contributed by atoms with van der Waals surface area (Å²) in [5.41, 5.74) is 17.8. The molecule has 102 heavy (non-hydrogen) atoms. The van der Waals surface area contributed by atoms with Crippen LogP contribution in [0, 0.1) is 13.1 Å². The summed E-state index contributed by atoms with van der Waals surface area (Å²) >= 11 is 0. The Kier molecular flexibility index (Phi) is 14.2. The van der Waals surface area contributed by atoms with Gasteiger partial charge < -0.3 is 9.13 Å². The highest BCUT2D eigenvalue weighted by Gasteiger charge is 2.22. The minimum Gasteiger partial charge on any atom is -0.309 e. The van der Waals surface area contributed by atoms with Crippen molar-refractivity contribution in [2.24, 2.45) is 0 Å². The van der Waals surface area contributed by atoms with Crippen molar-refractivity contribution < 1.29 is 0 Å². The fraction of sp³-hybridized carbons (Fsp3) is 0. The Morgan fingerprint density at radius 1 is 0.206 bits per heavy atom. The highest BCUT2D eigenvalue weighted by molar-refractivity contribution is 6.25. The fourth-order valence-corrected chi connectivity index (χ4v) is 15.5. The van der Waals surface area contributed by atoms with Crippen molar-refractivity contribution in [1.29, 1.82) is 0 Å². The lowest BCUT2D eigenvalue weighted by atomic mass is 9.88. The van der Waals surface area contributed by atoms with Crippen molar-refractivity contribution in [3.63, 3.8) is 0 Å². The summed E-state index contributed by atoms with van der Waals surface area (Å²) in [5, 5.41) is 18.9. The molecule has 20 rings (SSSR count). The maximum Gasteiger partial charge on any atom is 0.188 e. The van der Waals surface area contributed by atoms with Crippen molar-refractivity contribution in [2.45, 2.75) is 0 Å². The Morgan fingerprint density at radius 3 is 1.06 bits per heavy atom. The third-order valence-electron chi connectivity index (χ3n) is 20.2. The second kappa shape index (κ2) is 24.5. The Hall–Kier alpha value is -14.1. The summed E-state index contributed by atoms with van der Waals surface area (Å²) in [7, 11) is 0. The summed E-state index contributed by atoms with van der Waals surface area (Å²) in [6.45, 7) is 15.4. The molecule has 7 nitrogen and oxygen atoms in total. The minimum atomic E-state index is 0.628. The molecular weight excluding hydrogens is 1240 g/mol. The van der Waals surface area contributed by atoms with Gasteiger partial charge in [0.2, 0.25) is 0 Å². The van der Waals surface area contributed by atoms with E-state index >= 15 is 0 Å². The first kappa shape index (κ1) is 59.2. The Labute approximate surface area is 587 Å². The van der Waals surface area contributed by atoms with E-state index < -0.39 is 0 Å². The first-order chi connectivity index (χ1) is 50.5. The zero-order valence-electron chi connectivity index (χ0n) is 55.0. The van der Waals surface area contributed by atoms with E-state index in [0.717, 1.165) is 126 Å². The monoisotopic (exact) mass is 1300 g/mol. The van der Waals surface area contributed by atoms with Crippen LogP contribution in [0.5, 0.6) is 0 Å². The molecule has 0 atom stereocenters. The molecule has 0 spiro atoms. The summed E-state index contributed by atoms with van der Waals surface area (Å²) in [6, 6.07) is 122. The molecule has 7 heteroatoms. The van der Waals surface area contributed by atoms with Crippen LogP contribution >= 0.6 is 0 Å². The number of nitrogens with zero attached hydrogens (tertiary/aromatic N) is 7. The minimum absolute atomic E-state index is 0.628. The van der Waals surface area contributed by atoms with Crippen molar-refractivity contribution in [3.05, 3.63) is 369 Å². The predicted molar refractivity (Wildman–Crippen MR) is 425 cm³/mol. The molecule has 0 unspecified atom stereocenters. The van der Waals surface area contributed by atoms with Gasteiger partial charge in [0.15, 0.2) is 28.8 Å². The van der Waals surface area contributed by atoms with E-state index in [-0.39, 0.29) is 0 Å². The van der Waals surface area contributed by atoms with Gasteiger partial charge >= 0.3 is 0 Å². The first-order valence-corrected chi connectivity index (χ1v) is 34.2. The van der Waals surface area contributed by atoms with Gasteiger partial charge in [-0.3, -0.25) is 0 Å². The summed E-state index contributed by atoms with van der Waals surface area (Å²) in [5.74, 6) is 1.90. The van der Waals surface area contributed by atoms with Crippen LogP contribution in [0.25, 0.3) is 197 Å². The molecule has 20 aromatic rings. The van der Waals surface area contributed by atoms with E-state index in [1.807, 2.05) is 97.1 Å². The molecule has 3 aromatic heterocycles. The second-order valence-corrected chi connectivity index (χ2v) is 25.9. The van der Waals surface area contributed by atoms with Crippen LogP contribution < -0.4 is 0 Å². The van der Waals surface area contributed by atoms with Crippen molar-refractivity contribution in [1.82, 2.24) is 24.1 Å². The van der Waals surface area contributed by atoms with Gasteiger partial charge in [-0.15, -0.1) is 0 Å². The van der Waals surface area contributed by atoms with Gasteiger partial charge in [-0.05, 0) is 200 Å². The maximum absolute atomic E-state index is 7.78. The quantitative estimate of drug-likeness (QED) is 0.113. The van der Waals surface area contributed by atoms with Gasteiger partial charge in [-0.1, -0.05) is 255 Å². The highest BCUT2D eigenvalue weighted by Crippen LogP contribution is 2.46. The van der Waals surface area contributed by atoms with Crippen molar-refractivity contribution >= 4 is 120 Å². The van der Waals surface area contributed by atoms with Crippen LogP contribution in [-0.4, -0.2) is 24.1 Å². The molecule has 0 aliphatic rings. The van der Waals surface area contributed by atoms with E-state index in [9.17, 15) is 0 Å². The largest absolute Gasteiger partial charge is 0.309 e. The van der Waals surface area contributed by atoms with E-state index in [2.05, 4.69) is 268 Å². The third kappa shape index (κ3) is 9.99. The molecule has 0 fully saturated rings. The zero-order valence-corrected chi connectivity index (χ0v) is 55.0. The lowest BCUT2D eigenvalue weighted by molar-refractivity contribution is 1.08. The predicted octanol–water partition coefficient (Wildman–Crippen LogP) is 25.8. The van der Waals surface area contributed by atoms with Crippen LogP contribution in [0.4, 0.5) is 11.4 Å². The molecule has 0 N–H and O–H groups in total. The first-order valence-electron chi connectivity index (χ1n) is 34.2. The lowest BCUT2D eigenvalue weighted by Crippen LogP contribution is -2.00. The fourth-order valence-electron chi connectivity index (χ4n) is 15.5. The second-order valence-electron chi connectivity index (χ2n) is 25.9. The number of rotatable bonds is 8. The van der Waals surface area contributed by atoms with Gasteiger partial charge in [0.1, 0.15) is 0 Å². The van der Waals surface area contributed by atoms with Crippen molar-refractivity contribution in [2.75, 3.05) is 0 Å². The topological polar surface area (TPSA) is 57.2 Å². The van der Waals surface area contributed by atoms with Crippen molar-refractivity contribution in [3.8, 4) is 78.9 Å². The van der Waals surface area contributed by atoms with Gasteiger partial charge in [0.05, 0.1) is 35.2 Å². The highest BCUT2D eigenvalue weighted by atomic mass is 15.0. The molecule has 0 amide bonds. The van der Waals surface area contributed by atoms with E-state index in [4.69, 9.17) is 28.1 Å². The van der Waals surface area contributed by atoms with Gasteiger partial charge in [-0.25, -0.2) is 24.6 Å². The maximum atomic E-state index is 7.78. The van der Waals surface area contributed by atoms with Gasteiger partial charge in [-0.2, -0.15) is 0 Å². The van der Waals surface area contributed by atoms with Crippen LogP contribution in [0.3, 0.4) is 0 Å². The molecule has 472 valence electrons. The summed E-state index contributed by atoms with van der Waals surface area (Å²) in [6.07, 6.45) is 0. The van der Waals surface area contributed by atoms with E-state index in [0.29, 0.717) is 28.8 Å². The van der Waals surface area contributed by atoms with Crippen LogP contribution in [-0.2, 0) is 0 Å². The van der Waals surface area contributed by atoms with Crippen LogP contribution in [0.2, 0.25) is 0 Å².